The average molecular weight is 701 g/mol. The molecule has 3 unspecified atom stereocenters. The fraction of sp³-hybridized carbons (Fsp3) is 0.464. The van der Waals surface area contributed by atoms with E-state index in [9.17, 15) is 22.8 Å². The summed E-state index contributed by atoms with van der Waals surface area (Å²) in [6.07, 6.45) is 0.791. The third-order valence-corrected chi connectivity index (χ3v) is 10.5. The molecule has 5 rings (SSSR count). The molecular weight excluding hydrogens is 669 g/mol. The number of hydrogen-bond donors (Lipinski definition) is 2. The van der Waals surface area contributed by atoms with Crippen molar-refractivity contribution < 1.29 is 22.8 Å². The Labute approximate surface area is 263 Å². The smallest absolute Gasteiger partial charge is 0.315 e. The highest BCUT2D eigenvalue weighted by molar-refractivity contribution is 9.10. The van der Waals surface area contributed by atoms with E-state index >= 15 is 0 Å². The van der Waals surface area contributed by atoms with Crippen LogP contribution in [-0.4, -0.2) is 83.3 Å². The molecule has 0 bridgehead atoms. The Bertz CT molecular complexity index is 1510. The van der Waals surface area contributed by atoms with Gasteiger partial charge in [-0.25, -0.2) is 13.2 Å². The van der Waals surface area contributed by atoms with Crippen molar-refractivity contribution in [2.45, 2.75) is 74.8 Å². The molecule has 4 amide bonds. The number of carbonyl (C=O) groups is 3. The predicted molar refractivity (Wildman–Crippen MR) is 163 cm³/mol. The maximum Gasteiger partial charge on any atom is 0.315 e. The number of nitrogens with one attached hydrogen (secondary N) is 2. The van der Waals surface area contributed by atoms with Gasteiger partial charge in [-0.15, -0.1) is 0 Å². The van der Waals surface area contributed by atoms with Gasteiger partial charge in [-0.1, -0.05) is 51.3 Å². The quantitative estimate of drug-likeness (QED) is 0.473. The summed E-state index contributed by atoms with van der Waals surface area (Å²) in [5.74, 6) is -0.768. The van der Waals surface area contributed by atoms with Crippen LogP contribution in [0.15, 0.2) is 51.8 Å². The van der Waals surface area contributed by atoms with Crippen LogP contribution in [0.2, 0.25) is 10.0 Å². The van der Waals surface area contributed by atoms with Crippen molar-refractivity contribution >= 4 is 67.0 Å². The molecule has 226 valence electrons. The van der Waals surface area contributed by atoms with E-state index in [-0.39, 0.29) is 46.4 Å². The minimum Gasteiger partial charge on any atom is -0.334 e. The summed E-state index contributed by atoms with van der Waals surface area (Å²) in [6.45, 7) is 5.03. The first-order chi connectivity index (χ1) is 19.7. The van der Waals surface area contributed by atoms with E-state index in [2.05, 4.69) is 26.6 Å². The van der Waals surface area contributed by atoms with Crippen molar-refractivity contribution in [2.24, 2.45) is 0 Å². The second-order valence-electron chi connectivity index (χ2n) is 11.8. The van der Waals surface area contributed by atoms with E-state index in [1.54, 1.807) is 25.7 Å². The Kier molecular flexibility index (Phi) is 8.58. The number of carbonyl (C=O) groups excluding carboxylic acids is 3. The summed E-state index contributed by atoms with van der Waals surface area (Å²) in [6, 6.07) is 8.60. The van der Waals surface area contributed by atoms with E-state index in [1.165, 1.54) is 27.4 Å². The van der Waals surface area contributed by atoms with Crippen LogP contribution in [0, 0.1) is 0 Å². The molecule has 3 aliphatic rings. The van der Waals surface area contributed by atoms with Crippen molar-refractivity contribution in [3.63, 3.8) is 0 Å². The first-order valence-corrected chi connectivity index (χ1v) is 16.6. The number of benzene rings is 2. The lowest BCUT2D eigenvalue weighted by molar-refractivity contribution is -0.167. The third kappa shape index (κ3) is 6.42. The fourth-order valence-electron chi connectivity index (χ4n) is 5.42. The van der Waals surface area contributed by atoms with E-state index in [0.29, 0.717) is 0 Å². The summed E-state index contributed by atoms with van der Waals surface area (Å²) in [7, 11) is -4.32. The minimum atomic E-state index is -4.32. The molecule has 2 heterocycles. The third-order valence-electron chi connectivity index (χ3n) is 7.44. The van der Waals surface area contributed by atoms with Crippen LogP contribution in [0.1, 0.15) is 39.2 Å². The number of halogens is 3. The monoisotopic (exact) mass is 699 g/mol. The van der Waals surface area contributed by atoms with Gasteiger partial charge in [-0.3, -0.25) is 9.59 Å². The number of nitrogens with zero attached hydrogens (tertiary/aromatic N) is 3. The van der Waals surface area contributed by atoms with Crippen molar-refractivity contribution in [3.05, 3.63) is 62.5 Å². The molecule has 0 radical (unpaired) electrons. The lowest BCUT2D eigenvalue weighted by atomic mass is 9.97. The predicted octanol–water partition coefficient (Wildman–Crippen LogP) is 4.00. The molecule has 2 aromatic rings. The molecule has 2 saturated heterocycles. The number of urea groups is 1. The van der Waals surface area contributed by atoms with Gasteiger partial charge in [0, 0.05) is 34.0 Å². The fourth-order valence-corrected chi connectivity index (χ4v) is 8.02. The van der Waals surface area contributed by atoms with Gasteiger partial charge in [0.2, 0.25) is 21.8 Å². The summed E-state index contributed by atoms with van der Waals surface area (Å²) in [4.78, 5) is 43.8. The number of fused-ring (bicyclic) bond motifs is 1. The molecule has 0 aromatic heterocycles. The SMILES string of the molecule is CC(C)(C)NC(=O)NC1CN(S(=O)(=O)c2ccc(Cl)cc2Cl)C2CN(C3CC3)C(=O)C(Cc3ccc(Br)cc3)N2C1=O. The number of sulfonamides is 1. The molecule has 2 aromatic carbocycles. The van der Waals surface area contributed by atoms with Crippen LogP contribution < -0.4 is 10.6 Å². The zero-order chi connectivity index (χ0) is 30.6. The van der Waals surface area contributed by atoms with Gasteiger partial charge in [-0.2, -0.15) is 4.31 Å². The summed E-state index contributed by atoms with van der Waals surface area (Å²) in [5, 5.41) is 5.60. The van der Waals surface area contributed by atoms with Crippen LogP contribution in [0.25, 0.3) is 0 Å². The molecular formula is C28H32BrCl2N5O5S. The topological polar surface area (TPSA) is 119 Å². The normalized spacial score (nSPS) is 23.5. The van der Waals surface area contributed by atoms with Crippen LogP contribution >= 0.6 is 39.1 Å². The van der Waals surface area contributed by atoms with Crippen LogP contribution in [0.5, 0.6) is 0 Å². The summed E-state index contributed by atoms with van der Waals surface area (Å²) in [5.41, 5.74) is 0.194. The molecule has 3 fully saturated rings. The highest BCUT2D eigenvalue weighted by Gasteiger charge is 2.56. The maximum atomic E-state index is 14.2. The Hall–Kier alpha value is -2.38. The Morgan fingerprint density at radius 2 is 1.69 bits per heavy atom. The Balaban J connectivity index is 1.59. The van der Waals surface area contributed by atoms with Gasteiger partial charge in [-0.05, 0) is 69.5 Å². The molecule has 0 spiro atoms. The first-order valence-electron chi connectivity index (χ1n) is 13.6. The van der Waals surface area contributed by atoms with E-state index in [0.717, 1.165) is 22.9 Å². The van der Waals surface area contributed by atoms with Crippen molar-refractivity contribution in [2.75, 3.05) is 13.1 Å². The molecule has 3 atom stereocenters. The molecule has 1 aliphatic carbocycles. The van der Waals surface area contributed by atoms with Crippen molar-refractivity contribution in [3.8, 4) is 0 Å². The summed E-state index contributed by atoms with van der Waals surface area (Å²) >= 11 is 15.8. The molecule has 2 aliphatic heterocycles. The van der Waals surface area contributed by atoms with Gasteiger partial charge in [0.25, 0.3) is 0 Å². The van der Waals surface area contributed by atoms with Gasteiger partial charge >= 0.3 is 6.03 Å². The standard InChI is InChI=1S/C28H32BrCl2N5O5S/c1-28(2,3)33-27(39)32-21-14-35(42(40,41)23-11-8-18(30)13-20(23)31)24-15-34(19-9-10-19)26(38)22(36(24)25(21)37)12-16-4-6-17(29)7-5-16/h4-8,11,13,19,21-22,24H,9-10,12,14-15H2,1-3H3,(H2,32,33,39). The second-order valence-corrected chi connectivity index (χ2v) is 15.5. The second kappa shape index (κ2) is 11.6. The largest absolute Gasteiger partial charge is 0.334 e. The molecule has 10 nitrogen and oxygen atoms in total. The molecule has 1 saturated carbocycles. The zero-order valence-corrected chi connectivity index (χ0v) is 27.2. The minimum absolute atomic E-state index is 0.0113. The Morgan fingerprint density at radius 1 is 1.02 bits per heavy atom. The van der Waals surface area contributed by atoms with E-state index in [1.807, 2.05) is 24.3 Å². The van der Waals surface area contributed by atoms with E-state index < -0.39 is 45.7 Å². The zero-order valence-electron chi connectivity index (χ0n) is 23.3. The molecule has 14 heteroatoms. The average Bonchev–Trinajstić information content (AvgIpc) is 3.72. The lowest BCUT2D eigenvalue weighted by Gasteiger charge is -2.53. The molecule has 42 heavy (non-hydrogen) atoms. The number of rotatable bonds is 6. The van der Waals surface area contributed by atoms with Gasteiger partial charge < -0.3 is 20.4 Å². The van der Waals surface area contributed by atoms with Gasteiger partial charge in [0.15, 0.2) is 0 Å². The maximum absolute atomic E-state index is 14.2. The van der Waals surface area contributed by atoms with Crippen molar-refractivity contribution in [1.29, 1.82) is 0 Å². The number of piperazine rings is 1. The van der Waals surface area contributed by atoms with Gasteiger partial charge in [0.05, 0.1) is 11.6 Å². The highest BCUT2D eigenvalue weighted by Crippen LogP contribution is 2.38. The van der Waals surface area contributed by atoms with Crippen LogP contribution in [-0.2, 0) is 26.0 Å². The number of amides is 4. The van der Waals surface area contributed by atoms with Crippen LogP contribution in [0.4, 0.5) is 4.79 Å². The first kappa shape index (κ1) is 31.1. The van der Waals surface area contributed by atoms with Crippen LogP contribution in [0.3, 0.4) is 0 Å². The Morgan fingerprint density at radius 3 is 2.29 bits per heavy atom. The van der Waals surface area contributed by atoms with Crippen molar-refractivity contribution in [1.82, 2.24) is 24.7 Å². The van der Waals surface area contributed by atoms with E-state index in [4.69, 9.17) is 23.2 Å². The van der Waals surface area contributed by atoms with Gasteiger partial charge in [0.1, 0.15) is 23.1 Å². The summed E-state index contributed by atoms with van der Waals surface area (Å²) < 4.78 is 30.5. The lowest BCUT2D eigenvalue weighted by Crippen LogP contribution is -2.76. The number of hydrogen-bond acceptors (Lipinski definition) is 5. The highest BCUT2D eigenvalue weighted by atomic mass is 79.9. The molecule has 2 N–H and O–H groups in total.